The standard InChI is InChI=1S/C16H9F13O/c1-8(7-9-5-3-2-4-6-9)10(30)11(17,18)12(19,20)13(21,22)14(23,24)15(25,26)16(27,28)29/h2-7H,1H3/b8-7+. The average molecular weight is 464 g/mol. The van der Waals surface area contributed by atoms with E-state index in [1.165, 1.54) is 18.2 Å². The highest BCUT2D eigenvalue weighted by atomic mass is 19.4. The molecule has 1 nitrogen and oxygen atoms in total. The van der Waals surface area contributed by atoms with Crippen LogP contribution in [0.2, 0.25) is 0 Å². The first-order valence-corrected chi connectivity index (χ1v) is 7.40. The molecule has 14 heteroatoms. The van der Waals surface area contributed by atoms with E-state index in [-0.39, 0.29) is 5.56 Å². The van der Waals surface area contributed by atoms with Crippen molar-refractivity contribution in [3.63, 3.8) is 0 Å². The Hall–Kier alpha value is -2.28. The summed E-state index contributed by atoms with van der Waals surface area (Å²) in [6.45, 7) is 0.389. The predicted octanol–water partition coefficient (Wildman–Crippen LogP) is 6.40. The van der Waals surface area contributed by atoms with Crippen LogP contribution in [0.15, 0.2) is 35.9 Å². The molecule has 0 unspecified atom stereocenters. The molecular formula is C16H9F13O. The zero-order valence-corrected chi connectivity index (χ0v) is 14.3. The van der Waals surface area contributed by atoms with Gasteiger partial charge in [-0.25, -0.2) is 0 Å². The van der Waals surface area contributed by atoms with Gasteiger partial charge in [-0.15, -0.1) is 0 Å². The van der Waals surface area contributed by atoms with Crippen LogP contribution in [-0.2, 0) is 4.79 Å². The number of Topliss-reactive ketones (excluding diaryl/α,β-unsaturated/α-hetero) is 1. The van der Waals surface area contributed by atoms with E-state index in [1.54, 1.807) is 0 Å². The van der Waals surface area contributed by atoms with Crippen LogP contribution in [0.25, 0.3) is 6.08 Å². The first kappa shape index (κ1) is 25.8. The number of rotatable bonds is 7. The van der Waals surface area contributed by atoms with Crippen molar-refractivity contribution in [1.29, 1.82) is 0 Å². The van der Waals surface area contributed by atoms with Crippen molar-refractivity contribution >= 4 is 11.9 Å². The lowest BCUT2D eigenvalue weighted by Gasteiger charge is -2.39. The van der Waals surface area contributed by atoms with Gasteiger partial charge in [0.15, 0.2) is 0 Å². The fourth-order valence-corrected chi connectivity index (χ4v) is 2.02. The quantitative estimate of drug-likeness (QED) is 0.337. The minimum Gasteiger partial charge on any atom is -0.287 e. The Morgan fingerprint density at radius 2 is 1.07 bits per heavy atom. The zero-order chi connectivity index (χ0) is 24.0. The van der Waals surface area contributed by atoms with Crippen LogP contribution in [-0.4, -0.2) is 41.6 Å². The van der Waals surface area contributed by atoms with Gasteiger partial charge in [-0.2, -0.15) is 57.1 Å². The van der Waals surface area contributed by atoms with Crippen LogP contribution in [0.1, 0.15) is 12.5 Å². The zero-order valence-electron chi connectivity index (χ0n) is 14.3. The predicted molar refractivity (Wildman–Crippen MR) is 75.9 cm³/mol. The molecule has 0 fully saturated rings. The summed E-state index contributed by atoms with van der Waals surface area (Å²) in [4.78, 5) is 11.5. The van der Waals surface area contributed by atoms with E-state index in [1.807, 2.05) is 0 Å². The van der Waals surface area contributed by atoms with E-state index in [0.29, 0.717) is 13.0 Å². The summed E-state index contributed by atoms with van der Waals surface area (Å²) in [7, 11) is 0. The maximum Gasteiger partial charge on any atom is 0.460 e. The SMILES string of the molecule is C/C(=C\c1ccccc1)C(=O)C(F)(F)C(F)(F)C(F)(F)C(F)(F)C(F)(F)C(F)(F)F. The summed E-state index contributed by atoms with van der Waals surface area (Å²) in [6, 6.07) is 6.18. The molecule has 0 aromatic heterocycles. The van der Waals surface area contributed by atoms with Gasteiger partial charge >= 0.3 is 35.8 Å². The number of allylic oxidation sites excluding steroid dienone is 1. The molecule has 0 N–H and O–H groups in total. The minimum atomic E-state index is -8.04. The first-order chi connectivity index (χ1) is 13.2. The lowest BCUT2D eigenvalue weighted by Crippen LogP contribution is -2.71. The Morgan fingerprint density at radius 3 is 1.47 bits per heavy atom. The highest BCUT2D eigenvalue weighted by Crippen LogP contribution is 2.60. The van der Waals surface area contributed by atoms with Gasteiger partial charge in [-0.1, -0.05) is 30.3 Å². The van der Waals surface area contributed by atoms with E-state index in [0.717, 1.165) is 12.1 Å². The van der Waals surface area contributed by atoms with Gasteiger partial charge in [0.25, 0.3) is 0 Å². The maximum atomic E-state index is 13.8. The lowest BCUT2D eigenvalue weighted by atomic mass is 9.90. The van der Waals surface area contributed by atoms with E-state index in [2.05, 4.69) is 0 Å². The average Bonchev–Trinajstić information content (AvgIpc) is 2.60. The van der Waals surface area contributed by atoms with Crippen LogP contribution in [0, 0.1) is 0 Å². The molecule has 0 heterocycles. The summed E-state index contributed by atoms with van der Waals surface area (Å²) >= 11 is 0. The minimum absolute atomic E-state index is 0.108. The molecule has 170 valence electrons. The first-order valence-electron chi connectivity index (χ1n) is 7.40. The number of ketones is 1. The number of carbonyl (C=O) groups excluding carboxylic acids is 1. The van der Waals surface area contributed by atoms with Crippen molar-refractivity contribution in [3.8, 4) is 0 Å². The van der Waals surface area contributed by atoms with Gasteiger partial charge in [0.05, 0.1) is 0 Å². The van der Waals surface area contributed by atoms with Crippen LogP contribution in [0.4, 0.5) is 57.1 Å². The third-order valence-corrected chi connectivity index (χ3v) is 3.76. The van der Waals surface area contributed by atoms with E-state index in [4.69, 9.17) is 0 Å². The third-order valence-electron chi connectivity index (χ3n) is 3.76. The second-order valence-corrected chi connectivity index (χ2v) is 5.94. The molecule has 0 spiro atoms. The second-order valence-electron chi connectivity index (χ2n) is 5.94. The summed E-state index contributed by atoms with van der Waals surface area (Å²) in [6.07, 6.45) is -7.05. The van der Waals surface area contributed by atoms with Crippen molar-refractivity contribution in [3.05, 3.63) is 41.5 Å². The van der Waals surface area contributed by atoms with Crippen molar-refractivity contribution in [1.82, 2.24) is 0 Å². The van der Waals surface area contributed by atoms with Crippen LogP contribution in [0.3, 0.4) is 0 Å². The summed E-state index contributed by atoms with van der Waals surface area (Å²) in [5.74, 6) is -41.5. The number of alkyl halides is 13. The summed E-state index contributed by atoms with van der Waals surface area (Å²) < 4.78 is 169. The highest BCUT2D eigenvalue weighted by Gasteiger charge is 2.91. The van der Waals surface area contributed by atoms with Gasteiger partial charge in [0.1, 0.15) is 0 Å². The Balaban J connectivity index is 3.48. The second kappa shape index (κ2) is 7.45. The topological polar surface area (TPSA) is 17.1 Å². The van der Waals surface area contributed by atoms with E-state index >= 15 is 0 Å². The molecule has 1 aromatic rings. The number of benzene rings is 1. The Morgan fingerprint density at radius 1 is 0.667 bits per heavy atom. The molecule has 0 atom stereocenters. The smallest absolute Gasteiger partial charge is 0.287 e. The molecule has 0 bridgehead atoms. The lowest BCUT2D eigenvalue weighted by molar-refractivity contribution is -0.435. The van der Waals surface area contributed by atoms with E-state index < -0.39 is 47.1 Å². The fraction of sp³-hybridized carbons (Fsp3) is 0.438. The molecule has 30 heavy (non-hydrogen) atoms. The molecule has 1 aromatic carbocycles. The molecule has 0 amide bonds. The Kier molecular flexibility index (Phi) is 6.39. The van der Waals surface area contributed by atoms with E-state index in [9.17, 15) is 61.9 Å². The largest absolute Gasteiger partial charge is 0.460 e. The normalized spacial score (nSPS) is 15.3. The number of hydrogen-bond acceptors (Lipinski definition) is 1. The molecule has 0 aliphatic rings. The molecule has 0 saturated heterocycles. The van der Waals surface area contributed by atoms with Gasteiger partial charge in [-0.05, 0) is 24.1 Å². The molecule has 0 saturated carbocycles. The summed E-state index contributed by atoms with van der Waals surface area (Å²) in [5, 5.41) is 0. The van der Waals surface area contributed by atoms with Crippen molar-refractivity contribution < 1.29 is 61.9 Å². The van der Waals surface area contributed by atoms with Crippen molar-refractivity contribution in [2.75, 3.05) is 0 Å². The third kappa shape index (κ3) is 3.75. The molecule has 0 aliphatic heterocycles. The van der Waals surface area contributed by atoms with Gasteiger partial charge in [0.2, 0.25) is 5.78 Å². The van der Waals surface area contributed by atoms with Crippen LogP contribution < -0.4 is 0 Å². The molecule has 1 rings (SSSR count). The monoisotopic (exact) mass is 464 g/mol. The van der Waals surface area contributed by atoms with Crippen LogP contribution >= 0.6 is 0 Å². The molecular weight excluding hydrogens is 455 g/mol. The number of carbonyl (C=O) groups is 1. The van der Waals surface area contributed by atoms with Crippen LogP contribution in [0.5, 0.6) is 0 Å². The Labute approximate surface area is 159 Å². The number of hydrogen-bond donors (Lipinski definition) is 0. The molecule has 0 radical (unpaired) electrons. The Bertz CT molecular complexity index is 806. The van der Waals surface area contributed by atoms with Gasteiger partial charge in [0, 0.05) is 0 Å². The maximum absolute atomic E-state index is 13.8. The number of halogens is 13. The van der Waals surface area contributed by atoms with Crippen molar-refractivity contribution in [2.45, 2.75) is 42.7 Å². The summed E-state index contributed by atoms with van der Waals surface area (Å²) in [5.41, 5.74) is -1.50. The van der Waals surface area contributed by atoms with Gasteiger partial charge < -0.3 is 0 Å². The van der Waals surface area contributed by atoms with Crippen molar-refractivity contribution in [2.24, 2.45) is 0 Å². The molecule has 0 aliphatic carbocycles. The van der Waals surface area contributed by atoms with Gasteiger partial charge in [-0.3, -0.25) is 4.79 Å². The highest BCUT2D eigenvalue weighted by molar-refractivity contribution is 6.04. The fourth-order valence-electron chi connectivity index (χ4n) is 2.02.